The van der Waals surface area contributed by atoms with Crippen LogP contribution in [0.2, 0.25) is 0 Å². The number of amides is 1. The number of aliphatic carboxylic acids is 1. The van der Waals surface area contributed by atoms with Crippen LogP contribution in [0, 0.1) is 11.8 Å². The fraction of sp³-hybridized carbons (Fsp3) is 0.774. The lowest BCUT2D eigenvalue weighted by Crippen LogP contribution is -2.51. The average molecular weight is 648 g/mol. The van der Waals surface area contributed by atoms with Gasteiger partial charge in [-0.2, -0.15) is 0 Å². The Balaban J connectivity index is 0.000000454. The third-order valence-corrected chi connectivity index (χ3v) is 7.88. The third-order valence-electron chi connectivity index (χ3n) is 7.88. The van der Waals surface area contributed by atoms with Gasteiger partial charge < -0.3 is 55.6 Å². The van der Waals surface area contributed by atoms with Crippen molar-refractivity contribution < 1.29 is 64.7 Å². The van der Waals surface area contributed by atoms with Crippen molar-refractivity contribution in [3.63, 3.8) is 0 Å². The number of carbonyl (C=O) groups is 3. The van der Waals surface area contributed by atoms with Crippen LogP contribution in [-0.4, -0.2) is 120 Å². The van der Waals surface area contributed by atoms with Crippen LogP contribution in [0.15, 0.2) is 23.7 Å². The highest BCUT2D eigenvalue weighted by atomic mass is 16.5. The van der Waals surface area contributed by atoms with Crippen molar-refractivity contribution in [1.82, 2.24) is 5.32 Å². The lowest BCUT2D eigenvalue weighted by molar-refractivity contribution is -0.154. The van der Waals surface area contributed by atoms with Gasteiger partial charge in [0.05, 0.1) is 24.6 Å². The predicted molar refractivity (Wildman–Crippen MR) is 161 cm³/mol. The van der Waals surface area contributed by atoms with Crippen LogP contribution < -0.4 is 5.32 Å². The Kier molecular flexibility index (Phi) is 18.4. The number of aliphatic hydroxyl groups is 7. The molecule has 0 bridgehead atoms. The van der Waals surface area contributed by atoms with E-state index in [0.29, 0.717) is 25.0 Å². The van der Waals surface area contributed by atoms with Gasteiger partial charge in [-0.25, -0.2) is 4.79 Å². The highest BCUT2D eigenvalue weighted by molar-refractivity contribution is 5.85. The topological polar surface area (TPSA) is 244 Å². The molecule has 0 radical (unpaired) electrons. The first-order chi connectivity index (χ1) is 21.2. The zero-order valence-electron chi connectivity index (χ0n) is 26.6. The minimum Gasteiger partial charge on any atom is -0.492 e. The number of rotatable bonds is 17. The van der Waals surface area contributed by atoms with Crippen molar-refractivity contribution in [2.45, 2.75) is 128 Å². The SMILES string of the molecule is CCCCC(=O)NCC(O)C(O)C1OC(C)=C[C@@H](O)[C@H]1C.CCCCCC(=O)C[C@H]1C(C(O)C(O)CO)OC(C(=O)O)=C[C@H]1O. The molecule has 0 aromatic carbocycles. The van der Waals surface area contributed by atoms with E-state index in [1.165, 1.54) is 0 Å². The number of carboxylic acid groups (broad SMARTS) is 1. The Morgan fingerprint density at radius 2 is 1.49 bits per heavy atom. The summed E-state index contributed by atoms with van der Waals surface area (Å²) in [5.74, 6) is -3.00. The van der Waals surface area contributed by atoms with Crippen molar-refractivity contribution >= 4 is 17.7 Å². The molecule has 14 nitrogen and oxygen atoms in total. The number of carbonyl (C=O) groups excluding carboxylic acids is 2. The molecule has 2 aliphatic rings. The largest absolute Gasteiger partial charge is 0.492 e. The summed E-state index contributed by atoms with van der Waals surface area (Å²) in [6.07, 6.45) is -2.13. The van der Waals surface area contributed by atoms with E-state index in [1.807, 2.05) is 13.8 Å². The summed E-state index contributed by atoms with van der Waals surface area (Å²) in [6, 6.07) is 0. The number of hydrogen-bond acceptors (Lipinski definition) is 12. The molecule has 2 aliphatic heterocycles. The fourth-order valence-corrected chi connectivity index (χ4v) is 5.00. The Morgan fingerprint density at radius 3 is 2.07 bits per heavy atom. The molecule has 2 rings (SSSR count). The second-order valence-corrected chi connectivity index (χ2v) is 11.7. The first-order valence-electron chi connectivity index (χ1n) is 15.6. The number of ether oxygens (including phenoxy) is 2. The Bertz CT molecular complexity index is 987. The minimum absolute atomic E-state index is 0.0326. The van der Waals surface area contributed by atoms with Gasteiger partial charge in [-0.1, -0.05) is 40.0 Å². The van der Waals surface area contributed by atoms with Crippen LogP contribution in [-0.2, 0) is 23.9 Å². The van der Waals surface area contributed by atoms with Gasteiger partial charge in [-0.05, 0) is 31.9 Å². The van der Waals surface area contributed by atoms with Gasteiger partial charge in [0, 0.05) is 37.6 Å². The maximum atomic E-state index is 12.1. The summed E-state index contributed by atoms with van der Waals surface area (Å²) in [7, 11) is 0. The van der Waals surface area contributed by atoms with Gasteiger partial charge in [0.1, 0.15) is 42.4 Å². The van der Waals surface area contributed by atoms with Crippen LogP contribution in [0.1, 0.15) is 79.1 Å². The van der Waals surface area contributed by atoms with E-state index in [1.54, 1.807) is 19.9 Å². The quantitative estimate of drug-likeness (QED) is 0.0938. The summed E-state index contributed by atoms with van der Waals surface area (Å²) in [4.78, 5) is 34.6. The maximum absolute atomic E-state index is 12.1. The molecule has 0 fully saturated rings. The number of Topliss-reactive ketones (excluding diaryl/α,β-unsaturated/α-hetero) is 1. The van der Waals surface area contributed by atoms with E-state index in [9.17, 15) is 45.0 Å². The van der Waals surface area contributed by atoms with Crippen LogP contribution in [0.25, 0.3) is 0 Å². The Morgan fingerprint density at radius 1 is 0.867 bits per heavy atom. The van der Waals surface area contributed by atoms with Crippen LogP contribution in [0.5, 0.6) is 0 Å². The monoisotopic (exact) mass is 647 g/mol. The summed E-state index contributed by atoms with van der Waals surface area (Å²) >= 11 is 0. The first-order valence-corrected chi connectivity index (χ1v) is 15.6. The van der Waals surface area contributed by atoms with E-state index in [4.69, 9.17) is 19.7 Å². The number of hydrogen-bond donors (Lipinski definition) is 9. The maximum Gasteiger partial charge on any atom is 0.370 e. The molecule has 9 N–H and O–H groups in total. The summed E-state index contributed by atoms with van der Waals surface area (Å²) in [5, 5.41) is 80.4. The van der Waals surface area contributed by atoms with E-state index in [2.05, 4.69) is 5.32 Å². The second kappa shape index (κ2) is 20.5. The number of allylic oxidation sites excluding steroid dienone is 1. The number of aliphatic hydroxyl groups excluding tert-OH is 7. The van der Waals surface area contributed by atoms with E-state index in [-0.39, 0.29) is 30.6 Å². The molecule has 260 valence electrons. The van der Waals surface area contributed by atoms with Gasteiger partial charge in [-0.15, -0.1) is 0 Å². The van der Waals surface area contributed by atoms with Gasteiger partial charge in [0.25, 0.3) is 0 Å². The van der Waals surface area contributed by atoms with Crippen molar-refractivity contribution in [1.29, 1.82) is 0 Å². The second-order valence-electron chi connectivity index (χ2n) is 11.7. The average Bonchev–Trinajstić information content (AvgIpc) is 3.00. The standard InChI is InChI=1S/C16H26O8.C15H27NO5/c1-2-3-4-5-9(18)6-10-11(19)7-13(16(22)23)24-15(10)14(21)12(20)8-17;1-4-5-6-13(19)16-8-12(18)14(20)15-10(3)11(17)7-9(2)21-15/h7,10-12,14-15,17,19-21H,2-6,8H2,1H3,(H,22,23);7,10-12,14-15,17-18,20H,4-6,8H2,1-3H3,(H,16,19)/t2*10-,11-,12?,14?,15?/m11/s1. The number of carboxylic acids is 1. The van der Waals surface area contributed by atoms with Crippen molar-refractivity contribution in [2.75, 3.05) is 13.2 Å². The van der Waals surface area contributed by atoms with E-state index < -0.39 is 73.1 Å². The number of unbranched alkanes of at least 4 members (excludes halogenated alkanes) is 3. The van der Waals surface area contributed by atoms with Gasteiger partial charge in [-0.3, -0.25) is 9.59 Å². The molecule has 0 saturated carbocycles. The van der Waals surface area contributed by atoms with Crippen molar-refractivity contribution in [3.8, 4) is 0 Å². The van der Waals surface area contributed by atoms with Crippen LogP contribution >= 0.6 is 0 Å². The molecule has 6 unspecified atom stereocenters. The lowest BCUT2D eigenvalue weighted by Gasteiger charge is -2.37. The molecule has 2 heterocycles. The van der Waals surface area contributed by atoms with Crippen LogP contribution in [0.4, 0.5) is 0 Å². The summed E-state index contributed by atoms with van der Waals surface area (Å²) in [5.41, 5.74) is 0. The number of ketones is 1. The molecule has 14 heteroatoms. The normalized spacial score (nSPS) is 27.2. The van der Waals surface area contributed by atoms with Gasteiger partial charge >= 0.3 is 5.97 Å². The molecule has 45 heavy (non-hydrogen) atoms. The summed E-state index contributed by atoms with van der Waals surface area (Å²) < 4.78 is 10.7. The highest BCUT2D eigenvalue weighted by Gasteiger charge is 2.43. The molecular weight excluding hydrogens is 594 g/mol. The van der Waals surface area contributed by atoms with E-state index in [0.717, 1.165) is 31.8 Å². The Labute approximate surface area is 264 Å². The Hall–Kier alpha value is -2.59. The van der Waals surface area contributed by atoms with Gasteiger partial charge in [0.2, 0.25) is 11.7 Å². The molecule has 0 spiro atoms. The minimum atomic E-state index is -1.64. The highest BCUT2D eigenvalue weighted by Crippen LogP contribution is 2.31. The van der Waals surface area contributed by atoms with Gasteiger partial charge in [0.15, 0.2) is 0 Å². The summed E-state index contributed by atoms with van der Waals surface area (Å²) in [6.45, 7) is 6.64. The number of nitrogens with one attached hydrogen (secondary N) is 1. The molecular formula is C31H53NO13. The molecule has 0 aromatic heterocycles. The molecule has 10 atom stereocenters. The van der Waals surface area contributed by atoms with Crippen LogP contribution in [0.3, 0.4) is 0 Å². The predicted octanol–water partition coefficient (Wildman–Crippen LogP) is -0.101. The molecule has 0 aliphatic carbocycles. The molecule has 0 saturated heterocycles. The van der Waals surface area contributed by atoms with Crippen molar-refractivity contribution in [2.24, 2.45) is 11.8 Å². The first kappa shape index (κ1) is 40.4. The third kappa shape index (κ3) is 13.3. The molecule has 0 aromatic rings. The zero-order chi connectivity index (χ0) is 34.3. The molecule has 1 amide bonds. The fourth-order valence-electron chi connectivity index (χ4n) is 5.00. The smallest absolute Gasteiger partial charge is 0.370 e. The zero-order valence-corrected chi connectivity index (χ0v) is 26.6. The van der Waals surface area contributed by atoms with Crippen molar-refractivity contribution in [3.05, 3.63) is 23.7 Å². The van der Waals surface area contributed by atoms with E-state index >= 15 is 0 Å². The lowest BCUT2D eigenvalue weighted by atomic mass is 9.83.